The summed E-state index contributed by atoms with van der Waals surface area (Å²) >= 11 is 0. The van der Waals surface area contributed by atoms with Crippen molar-refractivity contribution in [3.63, 3.8) is 0 Å². The topological polar surface area (TPSA) is 153 Å². The molecule has 1 heterocycles. The number of nitrogens with one attached hydrogen (secondary N) is 1. The van der Waals surface area contributed by atoms with Crippen LogP contribution in [0.15, 0.2) is 32.5 Å². The van der Waals surface area contributed by atoms with Gasteiger partial charge in [-0.25, -0.2) is 10.2 Å². The summed E-state index contributed by atoms with van der Waals surface area (Å²) in [4.78, 5) is 23.7. The Morgan fingerprint density at radius 2 is 1.67 bits per heavy atom. The molecule has 9 heteroatoms. The quantitative estimate of drug-likeness (QED) is 0.318. The maximum Gasteiger partial charge on any atom is 0.348 e. The lowest BCUT2D eigenvalue weighted by Crippen LogP contribution is -2.21. The summed E-state index contributed by atoms with van der Waals surface area (Å²) in [5.41, 5.74) is 0.873. The average Bonchev–Trinajstić information content (AvgIpc) is 2.48. The van der Waals surface area contributed by atoms with Gasteiger partial charge in [0, 0.05) is 11.6 Å². The predicted molar refractivity (Wildman–Crippen MR) is 82.5 cm³/mol. The van der Waals surface area contributed by atoms with Crippen molar-refractivity contribution >= 4 is 11.6 Å². The molecule has 0 aliphatic heterocycles. The first kappa shape index (κ1) is 16.9. The van der Waals surface area contributed by atoms with Gasteiger partial charge in [0.05, 0.1) is 5.71 Å². The van der Waals surface area contributed by atoms with Crippen LogP contribution in [0.3, 0.4) is 0 Å². The van der Waals surface area contributed by atoms with Gasteiger partial charge in [0.25, 0.3) is 5.91 Å². The largest absolute Gasteiger partial charge is 0.507 e. The summed E-state index contributed by atoms with van der Waals surface area (Å²) in [6, 6.07) is 3.08. The minimum atomic E-state index is -0.823. The van der Waals surface area contributed by atoms with Crippen LogP contribution in [0.25, 0.3) is 0 Å². The summed E-state index contributed by atoms with van der Waals surface area (Å²) in [7, 11) is 0. The highest BCUT2D eigenvalue weighted by Gasteiger charge is 2.15. The lowest BCUT2D eigenvalue weighted by Gasteiger charge is -2.06. The molecule has 0 aliphatic carbocycles. The van der Waals surface area contributed by atoms with Crippen LogP contribution < -0.4 is 11.1 Å². The molecule has 1 aromatic carbocycles. The molecule has 2 rings (SSSR count). The number of rotatable bonds is 3. The van der Waals surface area contributed by atoms with Gasteiger partial charge in [-0.05, 0) is 26.0 Å². The van der Waals surface area contributed by atoms with E-state index in [4.69, 9.17) is 4.42 Å². The molecule has 0 atom stereocenters. The minimum absolute atomic E-state index is 0.0122. The van der Waals surface area contributed by atoms with Crippen LogP contribution in [0, 0.1) is 6.92 Å². The number of hydrazone groups is 1. The summed E-state index contributed by atoms with van der Waals surface area (Å²) < 4.78 is 4.84. The molecule has 0 bridgehead atoms. The van der Waals surface area contributed by atoms with E-state index < -0.39 is 28.8 Å². The Labute approximate surface area is 135 Å². The Morgan fingerprint density at radius 1 is 1.08 bits per heavy atom. The molecule has 9 nitrogen and oxygen atoms in total. The van der Waals surface area contributed by atoms with Gasteiger partial charge in [-0.1, -0.05) is 0 Å². The zero-order valence-electron chi connectivity index (χ0n) is 12.7. The standard InChI is InChI=1S/C15H14N2O7/c1-6-3-9(18)12(15(23)24-6)7(2)16-17-14(22)8-4-10(19)13(21)11(20)5-8/h3-5,18-21H,1-2H3,(H,17,22)/b16-7+. The molecular weight excluding hydrogens is 320 g/mol. The monoisotopic (exact) mass is 334 g/mol. The molecule has 0 radical (unpaired) electrons. The number of hydrogen-bond donors (Lipinski definition) is 5. The van der Waals surface area contributed by atoms with Crippen molar-refractivity contribution in [2.45, 2.75) is 13.8 Å². The Bertz CT molecular complexity index is 876. The fourth-order valence-corrected chi connectivity index (χ4v) is 1.92. The Morgan fingerprint density at radius 3 is 2.21 bits per heavy atom. The number of carbonyl (C=O) groups is 1. The summed E-state index contributed by atoms with van der Waals surface area (Å²) in [5, 5.41) is 41.4. The average molecular weight is 334 g/mol. The number of carbonyl (C=O) groups excluding carboxylic acids is 1. The summed E-state index contributed by atoms with van der Waals surface area (Å²) in [5.74, 6) is -3.08. The van der Waals surface area contributed by atoms with Crippen LogP contribution in [0.4, 0.5) is 0 Å². The number of aromatic hydroxyl groups is 4. The van der Waals surface area contributed by atoms with Gasteiger partial charge in [0.15, 0.2) is 17.2 Å². The molecule has 1 aromatic heterocycles. The van der Waals surface area contributed by atoms with Gasteiger partial charge in [0.1, 0.15) is 17.1 Å². The normalized spacial score (nSPS) is 11.3. The van der Waals surface area contributed by atoms with E-state index in [2.05, 4.69) is 10.5 Å². The first-order chi connectivity index (χ1) is 11.2. The lowest BCUT2D eigenvalue weighted by molar-refractivity contribution is 0.0954. The van der Waals surface area contributed by atoms with Crippen molar-refractivity contribution in [2.24, 2.45) is 5.10 Å². The second-order valence-corrected chi connectivity index (χ2v) is 4.91. The second kappa shape index (κ2) is 6.32. The number of benzene rings is 1. The number of aryl methyl sites for hydroxylation is 1. The van der Waals surface area contributed by atoms with E-state index in [1.165, 1.54) is 19.9 Å². The van der Waals surface area contributed by atoms with Gasteiger partial charge < -0.3 is 24.8 Å². The smallest absolute Gasteiger partial charge is 0.348 e. The van der Waals surface area contributed by atoms with Crippen LogP contribution in [-0.4, -0.2) is 32.0 Å². The van der Waals surface area contributed by atoms with E-state index in [1.807, 2.05) is 0 Å². The van der Waals surface area contributed by atoms with Crippen LogP contribution in [0.5, 0.6) is 23.0 Å². The molecular formula is C15H14N2O7. The molecule has 2 aromatic rings. The molecule has 0 spiro atoms. The van der Waals surface area contributed by atoms with Crippen LogP contribution in [-0.2, 0) is 0 Å². The fourth-order valence-electron chi connectivity index (χ4n) is 1.92. The van der Waals surface area contributed by atoms with E-state index in [1.54, 1.807) is 0 Å². The number of phenolic OH excluding ortho intramolecular Hbond substituents is 3. The third-order valence-corrected chi connectivity index (χ3v) is 3.07. The SMILES string of the molecule is C/C(=N\NC(=O)c1cc(O)c(O)c(O)c1)c1c(O)cc(C)oc1=O. The van der Waals surface area contributed by atoms with Gasteiger partial charge in [-0.2, -0.15) is 5.10 Å². The third kappa shape index (κ3) is 3.29. The van der Waals surface area contributed by atoms with E-state index in [0.717, 1.165) is 12.1 Å². The number of amides is 1. The molecule has 24 heavy (non-hydrogen) atoms. The fraction of sp³-hybridized carbons (Fsp3) is 0.133. The van der Waals surface area contributed by atoms with Crippen molar-refractivity contribution in [1.82, 2.24) is 5.43 Å². The van der Waals surface area contributed by atoms with Gasteiger partial charge in [0.2, 0.25) is 0 Å². The molecule has 0 aliphatic rings. The summed E-state index contributed by atoms with van der Waals surface area (Å²) in [6.45, 7) is 2.86. The third-order valence-electron chi connectivity index (χ3n) is 3.07. The van der Waals surface area contributed by atoms with Gasteiger partial charge >= 0.3 is 5.63 Å². The number of phenols is 3. The Balaban J connectivity index is 2.28. The Hall–Kier alpha value is -3.49. The molecule has 0 unspecified atom stereocenters. The van der Waals surface area contributed by atoms with E-state index in [0.29, 0.717) is 0 Å². The first-order valence-corrected chi connectivity index (χ1v) is 6.64. The number of nitrogens with zero attached hydrogens (tertiary/aromatic N) is 1. The highest BCUT2D eigenvalue weighted by Crippen LogP contribution is 2.35. The summed E-state index contributed by atoms with van der Waals surface area (Å²) in [6.07, 6.45) is 0. The maximum atomic E-state index is 11.9. The van der Waals surface area contributed by atoms with E-state index >= 15 is 0 Å². The first-order valence-electron chi connectivity index (χ1n) is 6.64. The van der Waals surface area contributed by atoms with Crippen molar-refractivity contribution in [1.29, 1.82) is 0 Å². The highest BCUT2D eigenvalue weighted by atomic mass is 16.4. The van der Waals surface area contributed by atoms with Crippen molar-refractivity contribution in [3.05, 3.63) is 45.5 Å². The van der Waals surface area contributed by atoms with Crippen LogP contribution in [0.2, 0.25) is 0 Å². The van der Waals surface area contributed by atoms with E-state index in [9.17, 15) is 30.0 Å². The van der Waals surface area contributed by atoms with Gasteiger partial charge in [-0.15, -0.1) is 0 Å². The minimum Gasteiger partial charge on any atom is -0.507 e. The van der Waals surface area contributed by atoms with Crippen LogP contribution in [0.1, 0.15) is 28.6 Å². The van der Waals surface area contributed by atoms with Crippen molar-refractivity contribution in [3.8, 4) is 23.0 Å². The second-order valence-electron chi connectivity index (χ2n) is 4.91. The lowest BCUT2D eigenvalue weighted by atomic mass is 10.1. The number of hydrogen-bond acceptors (Lipinski definition) is 8. The zero-order chi connectivity index (χ0) is 18.0. The van der Waals surface area contributed by atoms with E-state index in [-0.39, 0.29) is 28.3 Å². The zero-order valence-corrected chi connectivity index (χ0v) is 12.7. The van der Waals surface area contributed by atoms with Crippen molar-refractivity contribution in [2.75, 3.05) is 0 Å². The molecule has 1 amide bonds. The highest BCUT2D eigenvalue weighted by molar-refractivity contribution is 6.02. The molecule has 0 saturated carbocycles. The van der Waals surface area contributed by atoms with Crippen LogP contribution >= 0.6 is 0 Å². The van der Waals surface area contributed by atoms with Crippen molar-refractivity contribution < 1.29 is 29.6 Å². The van der Waals surface area contributed by atoms with Gasteiger partial charge in [-0.3, -0.25) is 4.79 Å². The predicted octanol–water partition coefficient (Wildman–Crippen LogP) is 0.925. The molecule has 5 N–H and O–H groups in total. The molecule has 0 saturated heterocycles. The molecule has 0 fully saturated rings. The Kier molecular flexibility index (Phi) is 4.45. The molecule has 126 valence electrons. The maximum absolute atomic E-state index is 11.9.